The molecule has 10 heavy (non-hydrogen) atoms. The molecule has 0 aliphatic rings. The number of H-pyrrole nitrogens is 1. The van der Waals surface area contributed by atoms with Crippen molar-refractivity contribution in [1.82, 2.24) is 9.97 Å². The Balaban J connectivity index is 0.000000810. The molecule has 0 saturated heterocycles. The lowest BCUT2D eigenvalue weighted by atomic mass is 10.4. The van der Waals surface area contributed by atoms with Gasteiger partial charge in [0.1, 0.15) is 5.82 Å². The van der Waals surface area contributed by atoms with Gasteiger partial charge >= 0.3 is 5.69 Å². The summed E-state index contributed by atoms with van der Waals surface area (Å²) in [6.07, 6.45) is 0. The van der Waals surface area contributed by atoms with E-state index in [4.69, 9.17) is 5.73 Å². The molecule has 0 aliphatic carbocycles. The molecule has 0 aliphatic heterocycles. The third-order valence-electron chi connectivity index (χ3n) is 0.899. The van der Waals surface area contributed by atoms with E-state index in [1.54, 1.807) is 13.0 Å². The number of halogens is 1. The molecule has 4 nitrogen and oxygen atoms in total. The molecule has 1 heterocycles. The van der Waals surface area contributed by atoms with Crippen LogP contribution in [-0.2, 0) is 0 Å². The van der Waals surface area contributed by atoms with Crippen molar-refractivity contribution in [3.05, 3.63) is 22.2 Å². The van der Waals surface area contributed by atoms with Crippen molar-refractivity contribution in [2.24, 2.45) is 0 Å². The van der Waals surface area contributed by atoms with Crippen molar-refractivity contribution in [3.63, 3.8) is 0 Å². The number of hydrogen-bond donors (Lipinski definition) is 2. The topological polar surface area (TPSA) is 71.8 Å². The van der Waals surface area contributed by atoms with Crippen LogP contribution in [0.3, 0.4) is 0 Å². The van der Waals surface area contributed by atoms with Gasteiger partial charge in [-0.3, -0.25) is 0 Å². The van der Waals surface area contributed by atoms with E-state index in [-0.39, 0.29) is 18.2 Å². The Morgan fingerprint density at radius 3 is 2.70 bits per heavy atom. The van der Waals surface area contributed by atoms with Gasteiger partial charge in [-0.25, -0.2) is 4.79 Å². The van der Waals surface area contributed by atoms with Crippen LogP contribution < -0.4 is 11.4 Å². The third-order valence-corrected chi connectivity index (χ3v) is 0.899. The van der Waals surface area contributed by atoms with Gasteiger partial charge in [0.05, 0.1) is 0 Å². The normalized spacial score (nSPS) is 8.50. The van der Waals surface area contributed by atoms with Crippen molar-refractivity contribution in [2.45, 2.75) is 6.92 Å². The lowest BCUT2D eigenvalue weighted by Gasteiger charge is -1.90. The number of nitrogens with zero attached hydrogens (tertiary/aromatic N) is 1. The Bertz CT molecular complexity index is 247. The number of hydrogen-bond acceptors (Lipinski definition) is 3. The molecule has 1 aromatic heterocycles. The van der Waals surface area contributed by atoms with Crippen molar-refractivity contribution >= 4 is 18.2 Å². The highest BCUT2D eigenvalue weighted by Crippen LogP contribution is 1.91. The smallest absolute Gasteiger partial charge is 0.347 e. The van der Waals surface area contributed by atoms with Crippen LogP contribution in [0.25, 0.3) is 0 Å². The predicted molar refractivity (Wildman–Crippen MR) is 41.3 cm³/mol. The highest BCUT2D eigenvalue weighted by molar-refractivity contribution is 5.85. The summed E-state index contributed by atoms with van der Waals surface area (Å²) in [7, 11) is 0. The van der Waals surface area contributed by atoms with Gasteiger partial charge in [0.2, 0.25) is 0 Å². The molecular weight excluding hydrogens is 154 g/mol. The summed E-state index contributed by atoms with van der Waals surface area (Å²) in [6.45, 7) is 1.75. The van der Waals surface area contributed by atoms with Gasteiger partial charge in [-0.15, -0.1) is 12.4 Å². The van der Waals surface area contributed by atoms with Crippen LogP contribution in [0.2, 0.25) is 0 Å². The number of nitrogen functional groups attached to an aromatic ring is 1. The van der Waals surface area contributed by atoms with Crippen LogP contribution in [0, 0.1) is 6.92 Å². The average Bonchev–Trinajstić information content (AvgIpc) is 1.59. The van der Waals surface area contributed by atoms with E-state index in [1.165, 1.54) is 0 Å². The average molecular weight is 162 g/mol. The Kier molecular flexibility index (Phi) is 2.89. The first-order valence-electron chi connectivity index (χ1n) is 2.52. The van der Waals surface area contributed by atoms with E-state index in [0.717, 1.165) is 5.69 Å². The van der Waals surface area contributed by atoms with Gasteiger partial charge in [0.25, 0.3) is 0 Å². The van der Waals surface area contributed by atoms with Crippen LogP contribution in [0.1, 0.15) is 5.69 Å². The quantitative estimate of drug-likeness (QED) is 0.566. The Morgan fingerprint density at radius 1 is 1.70 bits per heavy atom. The minimum Gasteiger partial charge on any atom is -0.383 e. The van der Waals surface area contributed by atoms with Crippen LogP contribution in [-0.4, -0.2) is 9.97 Å². The summed E-state index contributed by atoms with van der Waals surface area (Å²) < 4.78 is 0. The maximum Gasteiger partial charge on any atom is 0.347 e. The largest absolute Gasteiger partial charge is 0.383 e. The number of rotatable bonds is 0. The van der Waals surface area contributed by atoms with Crippen molar-refractivity contribution in [1.29, 1.82) is 0 Å². The number of nitrogens with one attached hydrogen (secondary N) is 1. The zero-order valence-corrected chi connectivity index (χ0v) is 6.23. The molecule has 0 amide bonds. The fourth-order valence-corrected chi connectivity index (χ4v) is 0.604. The first kappa shape index (κ1) is 8.97. The molecule has 5 heteroatoms. The summed E-state index contributed by atoms with van der Waals surface area (Å²) >= 11 is 0. The fourth-order valence-electron chi connectivity index (χ4n) is 0.604. The summed E-state index contributed by atoms with van der Waals surface area (Å²) in [5.74, 6) is 0.260. The SMILES string of the molecule is Cc1cc(N)nc(=O)[nH]1.Cl. The molecule has 0 radical (unpaired) electrons. The number of aromatic amines is 1. The number of anilines is 1. The zero-order valence-electron chi connectivity index (χ0n) is 5.42. The summed E-state index contributed by atoms with van der Waals surface area (Å²) in [4.78, 5) is 16.3. The molecule has 0 bridgehead atoms. The monoisotopic (exact) mass is 161 g/mol. The molecule has 0 fully saturated rings. The van der Waals surface area contributed by atoms with Gasteiger partial charge < -0.3 is 10.7 Å². The zero-order chi connectivity index (χ0) is 6.85. The highest BCUT2D eigenvalue weighted by atomic mass is 35.5. The molecule has 0 atom stereocenters. The maximum absolute atomic E-state index is 10.5. The summed E-state index contributed by atoms with van der Waals surface area (Å²) in [6, 6.07) is 1.60. The van der Waals surface area contributed by atoms with Crippen LogP contribution in [0.15, 0.2) is 10.9 Å². The van der Waals surface area contributed by atoms with Crippen molar-refractivity contribution in [2.75, 3.05) is 5.73 Å². The van der Waals surface area contributed by atoms with E-state index in [1.807, 2.05) is 0 Å². The molecular formula is C5H8ClN3O. The van der Waals surface area contributed by atoms with E-state index in [0.29, 0.717) is 0 Å². The second-order valence-electron chi connectivity index (χ2n) is 1.79. The predicted octanol–water partition coefficient (Wildman–Crippen LogP) is 0.0823. The Hall–Kier alpha value is -1.03. The minimum atomic E-state index is -0.396. The van der Waals surface area contributed by atoms with Gasteiger partial charge in [0, 0.05) is 5.69 Å². The van der Waals surface area contributed by atoms with Gasteiger partial charge in [-0.05, 0) is 13.0 Å². The van der Waals surface area contributed by atoms with Crippen LogP contribution in [0.4, 0.5) is 5.82 Å². The third kappa shape index (κ3) is 2.06. The lowest BCUT2D eigenvalue weighted by molar-refractivity contribution is 1.04. The molecule has 1 rings (SSSR count). The number of nitrogens with two attached hydrogens (primary N) is 1. The molecule has 1 aromatic rings. The van der Waals surface area contributed by atoms with Crippen LogP contribution in [0.5, 0.6) is 0 Å². The standard InChI is InChI=1S/C5H7N3O.ClH/c1-3-2-4(6)8-5(9)7-3;/h2H,1H3,(H3,6,7,8,9);1H. The maximum atomic E-state index is 10.5. The van der Waals surface area contributed by atoms with E-state index >= 15 is 0 Å². The molecule has 3 N–H and O–H groups in total. The number of aromatic nitrogens is 2. The molecule has 0 saturated carbocycles. The van der Waals surface area contributed by atoms with Crippen molar-refractivity contribution in [3.8, 4) is 0 Å². The lowest BCUT2D eigenvalue weighted by Crippen LogP contribution is -2.12. The van der Waals surface area contributed by atoms with Gasteiger partial charge in [-0.2, -0.15) is 4.98 Å². The first-order valence-corrected chi connectivity index (χ1v) is 2.52. The van der Waals surface area contributed by atoms with Crippen LogP contribution >= 0.6 is 12.4 Å². The summed E-state index contributed by atoms with van der Waals surface area (Å²) in [5, 5.41) is 0. The van der Waals surface area contributed by atoms with E-state index < -0.39 is 5.69 Å². The van der Waals surface area contributed by atoms with E-state index in [9.17, 15) is 4.79 Å². The van der Waals surface area contributed by atoms with Crippen molar-refractivity contribution < 1.29 is 0 Å². The first-order chi connectivity index (χ1) is 4.18. The molecule has 0 spiro atoms. The highest BCUT2D eigenvalue weighted by Gasteiger charge is 1.88. The molecule has 0 unspecified atom stereocenters. The fraction of sp³-hybridized carbons (Fsp3) is 0.200. The molecule has 0 aromatic carbocycles. The summed E-state index contributed by atoms with van der Waals surface area (Å²) in [5.41, 5.74) is 5.56. The Labute approximate surface area is 63.9 Å². The second kappa shape index (κ2) is 3.22. The van der Waals surface area contributed by atoms with E-state index in [2.05, 4.69) is 9.97 Å². The Morgan fingerprint density at radius 2 is 2.30 bits per heavy atom. The van der Waals surface area contributed by atoms with Gasteiger partial charge in [-0.1, -0.05) is 0 Å². The molecule has 56 valence electrons. The number of aryl methyl sites for hydroxylation is 1. The minimum absolute atomic E-state index is 0. The second-order valence-corrected chi connectivity index (χ2v) is 1.79. The van der Waals surface area contributed by atoms with Gasteiger partial charge in [0.15, 0.2) is 0 Å².